The van der Waals surface area contributed by atoms with Crippen molar-refractivity contribution in [3.63, 3.8) is 0 Å². The molecule has 0 radical (unpaired) electrons. The van der Waals surface area contributed by atoms with Crippen LogP contribution in [0.25, 0.3) is 0 Å². The lowest BCUT2D eigenvalue weighted by atomic mass is 10.1. The summed E-state index contributed by atoms with van der Waals surface area (Å²) in [6, 6.07) is 5.51. The van der Waals surface area contributed by atoms with Gasteiger partial charge in [0.25, 0.3) is 0 Å². The SMILES string of the molecule is COC(=O)c1cccc(N)c1N(C)C1CCOC1. The maximum absolute atomic E-state index is 11.8. The summed E-state index contributed by atoms with van der Waals surface area (Å²) < 4.78 is 10.2. The number of hydrogen-bond donors (Lipinski definition) is 1. The van der Waals surface area contributed by atoms with Gasteiger partial charge in [0.05, 0.1) is 36.7 Å². The van der Waals surface area contributed by atoms with E-state index in [0.717, 1.165) is 18.7 Å². The fourth-order valence-corrected chi connectivity index (χ4v) is 2.24. The molecule has 1 unspecified atom stereocenters. The number of nitrogens with zero attached hydrogens (tertiary/aromatic N) is 1. The van der Waals surface area contributed by atoms with Crippen LogP contribution in [0, 0.1) is 0 Å². The van der Waals surface area contributed by atoms with E-state index in [0.29, 0.717) is 17.9 Å². The number of likely N-dealkylation sites (N-methyl/N-ethyl adjacent to an activating group) is 1. The van der Waals surface area contributed by atoms with Gasteiger partial charge in [-0.3, -0.25) is 0 Å². The van der Waals surface area contributed by atoms with Crippen LogP contribution < -0.4 is 10.6 Å². The van der Waals surface area contributed by atoms with Crippen LogP contribution >= 0.6 is 0 Å². The van der Waals surface area contributed by atoms with Gasteiger partial charge in [-0.25, -0.2) is 4.79 Å². The van der Waals surface area contributed by atoms with Crippen molar-refractivity contribution >= 4 is 17.3 Å². The van der Waals surface area contributed by atoms with Crippen molar-refractivity contribution in [3.05, 3.63) is 23.8 Å². The lowest BCUT2D eigenvalue weighted by Crippen LogP contribution is -2.33. The molecule has 0 amide bonds. The highest BCUT2D eigenvalue weighted by atomic mass is 16.5. The highest BCUT2D eigenvalue weighted by molar-refractivity contribution is 5.99. The van der Waals surface area contributed by atoms with Gasteiger partial charge in [0, 0.05) is 13.7 Å². The summed E-state index contributed by atoms with van der Waals surface area (Å²) in [5.74, 6) is -0.372. The van der Waals surface area contributed by atoms with Crippen LogP contribution in [0.1, 0.15) is 16.8 Å². The molecule has 1 fully saturated rings. The minimum Gasteiger partial charge on any atom is -0.465 e. The number of esters is 1. The number of rotatable bonds is 3. The zero-order valence-electron chi connectivity index (χ0n) is 10.7. The number of carbonyl (C=O) groups is 1. The highest BCUT2D eigenvalue weighted by Gasteiger charge is 2.25. The normalized spacial score (nSPS) is 18.7. The summed E-state index contributed by atoms with van der Waals surface area (Å²) in [6.45, 7) is 1.40. The third-order valence-corrected chi connectivity index (χ3v) is 3.28. The fourth-order valence-electron chi connectivity index (χ4n) is 2.24. The van der Waals surface area contributed by atoms with Crippen molar-refractivity contribution in [2.24, 2.45) is 0 Å². The van der Waals surface area contributed by atoms with E-state index in [2.05, 4.69) is 0 Å². The Morgan fingerprint density at radius 1 is 1.56 bits per heavy atom. The third-order valence-electron chi connectivity index (χ3n) is 3.28. The quantitative estimate of drug-likeness (QED) is 0.646. The largest absolute Gasteiger partial charge is 0.465 e. The Morgan fingerprint density at radius 2 is 2.33 bits per heavy atom. The van der Waals surface area contributed by atoms with E-state index < -0.39 is 0 Å². The number of para-hydroxylation sites is 1. The molecule has 1 aliphatic rings. The van der Waals surface area contributed by atoms with Gasteiger partial charge in [0.1, 0.15) is 0 Å². The van der Waals surface area contributed by atoms with Crippen molar-refractivity contribution in [2.75, 3.05) is 38.0 Å². The van der Waals surface area contributed by atoms with E-state index in [-0.39, 0.29) is 12.0 Å². The van der Waals surface area contributed by atoms with Gasteiger partial charge in [-0.15, -0.1) is 0 Å². The second-order valence-corrected chi connectivity index (χ2v) is 4.36. The summed E-state index contributed by atoms with van der Waals surface area (Å²) in [4.78, 5) is 13.8. The zero-order valence-corrected chi connectivity index (χ0v) is 10.7. The molecule has 5 heteroatoms. The molecule has 1 aromatic carbocycles. The minimum absolute atomic E-state index is 0.248. The van der Waals surface area contributed by atoms with Crippen LogP contribution in [0.5, 0.6) is 0 Å². The molecule has 2 N–H and O–H groups in total. The molecule has 0 bridgehead atoms. The van der Waals surface area contributed by atoms with Crippen LogP contribution in [0.2, 0.25) is 0 Å². The van der Waals surface area contributed by atoms with Gasteiger partial charge in [0.2, 0.25) is 0 Å². The van der Waals surface area contributed by atoms with Crippen LogP contribution in [-0.4, -0.2) is 39.4 Å². The summed E-state index contributed by atoms with van der Waals surface area (Å²) in [5, 5.41) is 0. The van der Waals surface area contributed by atoms with Crippen molar-refractivity contribution in [3.8, 4) is 0 Å². The standard InChI is InChI=1S/C13H18N2O3/c1-15(9-6-7-18-8-9)12-10(13(16)17-2)4-3-5-11(12)14/h3-5,9H,6-8,14H2,1-2H3. The molecule has 1 aliphatic heterocycles. The number of hydrogen-bond acceptors (Lipinski definition) is 5. The van der Waals surface area contributed by atoms with Crippen LogP contribution in [-0.2, 0) is 9.47 Å². The van der Waals surface area contributed by atoms with Gasteiger partial charge in [-0.05, 0) is 18.6 Å². The minimum atomic E-state index is -0.372. The summed E-state index contributed by atoms with van der Waals surface area (Å²) >= 11 is 0. The second kappa shape index (κ2) is 5.27. The first-order chi connectivity index (χ1) is 8.65. The maximum Gasteiger partial charge on any atom is 0.340 e. The topological polar surface area (TPSA) is 64.8 Å². The van der Waals surface area contributed by atoms with Gasteiger partial charge < -0.3 is 20.1 Å². The number of anilines is 2. The molecule has 1 aromatic rings. The lowest BCUT2D eigenvalue weighted by molar-refractivity contribution is 0.0601. The van der Waals surface area contributed by atoms with E-state index in [1.165, 1.54) is 7.11 Å². The molecule has 0 saturated carbocycles. The monoisotopic (exact) mass is 250 g/mol. The van der Waals surface area contributed by atoms with E-state index in [4.69, 9.17) is 15.2 Å². The first-order valence-electron chi connectivity index (χ1n) is 5.92. The molecule has 1 saturated heterocycles. The number of ether oxygens (including phenoxy) is 2. The average molecular weight is 250 g/mol. The summed E-state index contributed by atoms with van der Waals surface area (Å²) in [6.07, 6.45) is 0.936. The fraction of sp³-hybridized carbons (Fsp3) is 0.462. The van der Waals surface area contributed by atoms with Crippen LogP contribution in [0.3, 0.4) is 0 Å². The Balaban J connectivity index is 2.38. The third kappa shape index (κ3) is 2.26. The van der Waals surface area contributed by atoms with Gasteiger partial charge >= 0.3 is 5.97 Å². The Hall–Kier alpha value is -1.75. The Bertz CT molecular complexity index is 442. The van der Waals surface area contributed by atoms with Crippen molar-refractivity contribution < 1.29 is 14.3 Å². The number of nitrogen functional groups attached to an aromatic ring is 1. The lowest BCUT2D eigenvalue weighted by Gasteiger charge is -2.28. The van der Waals surface area contributed by atoms with E-state index in [1.54, 1.807) is 18.2 Å². The molecular weight excluding hydrogens is 232 g/mol. The van der Waals surface area contributed by atoms with Gasteiger partial charge in [0.15, 0.2) is 0 Å². The molecule has 0 aromatic heterocycles. The molecule has 1 atom stereocenters. The number of methoxy groups -OCH3 is 1. The number of nitrogens with two attached hydrogens (primary N) is 1. The number of benzene rings is 1. The number of carbonyl (C=O) groups excluding carboxylic acids is 1. The van der Waals surface area contributed by atoms with E-state index in [9.17, 15) is 4.79 Å². The Labute approximate surface area is 106 Å². The summed E-state index contributed by atoms with van der Waals surface area (Å²) in [5.41, 5.74) is 7.78. The molecule has 1 heterocycles. The van der Waals surface area contributed by atoms with E-state index >= 15 is 0 Å². The highest BCUT2D eigenvalue weighted by Crippen LogP contribution is 2.30. The predicted molar refractivity (Wildman–Crippen MR) is 69.8 cm³/mol. The van der Waals surface area contributed by atoms with Gasteiger partial charge in [-0.1, -0.05) is 6.07 Å². The molecule has 5 nitrogen and oxygen atoms in total. The predicted octanol–water partition coefficient (Wildman–Crippen LogP) is 1.28. The zero-order chi connectivity index (χ0) is 13.1. The molecule has 0 aliphatic carbocycles. The summed E-state index contributed by atoms with van der Waals surface area (Å²) in [7, 11) is 3.30. The van der Waals surface area contributed by atoms with E-state index in [1.807, 2.05) is 11.9 Å². The average Bonchev–Trinajstić information content (AvgIpc) is 2.90. The Kier molecular flexibility index (Phi) is 3.72. The first-order valence-corrected chi connectivity index (χ1v) is 5.92. The Morgan fingerprint density at radius 3 is 2.94 bits per heavy atom. The molecule has 2 rings (SSSR count). The maximum atomic E-state index is 11.8. The first kappa shape index (κ1) is 12.7. The second-order valence-electron chi connectivity index (χ2n) is 4.36. The smallest absolute Gasteiger partial charge is 0.340 e. The molecule has 18 heavy (non-hydrogen) atoms. The van der Waals surface area contributed by atoms with Crippen molar-refractivity contribution in [1.82, 2.24) is 0 Å². The molecule has 98 valence electrons. The molecule has 0 spiro atoms. The van der Waals surface area contributed by atoms with Gasteiger partial charge in [-0.2, -0.15) is 0 Å². The van der Waals surface area contributed by atoms with Crippen molar-refractivity contribution in [2.45, 2.75) is 12.5 Å². The van der Waals surface area contributed by atoms with Crippen molar-refractivity contribution in [1.29, 1.82) is 0 Å². The molecular formula is C13H18N2O3. The van der Waals surface area contributed by atoms with Crippen LogP contribution in [0.4, 0.5) is 11.4 Å². The van der Waals surface area contributed by atoms with Crippen LogP contribution in [0.15, 0.2) is 18.2 Å².